The number of nitrogens with one attached hydrogen (secondary N) is 1. The quantitative estimate of drug-likeness (QED) is 0.863. The molecule has 0 aliphatic heterocycles. The number of hydrogen-bond acceptors (Lipinski definition) is 2. The van der Waals surface area contributed by atoms with Gasteiger partial charge in [-0.2, -0.15) is 0 Å². The molecule has 2 nitrogen and oxygen atoms in total. The molecule has 0 spiro atoms. The Balaban J connectivity index is 1.62. The molecule has 1 aromatic rings. The molecular formula is C17H25NO. The summed E-state index contributed by atoms with van der Waals surface area (Å²) >= 11 is 0. The van der Waals surface area contributed by atoms with Crippen molar-refractivity contribution in [3.05, 3.63) is 29.3 Å². The van der Waals surface area contributed by atoms with Crippen LogP contribution >= 0.6 is 0 Å². The lowest BCUT2D eigenvalue weighted by Gasteiger charge is -2.23. The van der Waals surface area contributed by atoms with Gasteiger partial charge < -0.3 is 10.1 Å². The maximum atomic E-state index is 5.56. The number of rotatable bonds is 5. The first kappa shape index (κ1) is 13.0. The van der Waals surface area contributed by atoms with Crippen LogP contribution < -0.4 is 10.1 Å². The Morgan fingerprint density at radius 3 is 2.58 bits per heavy atom. The Bertz CT molecular complexity index is 419. The summed E-state index contributed by atoms with van der Waals surface area (Å²) in [6.07, 6.45) is 9.55. The van der Waals surface area contributed by atoms with Gasteiger partial charge in [-0.3, -0.25) is 0 Å². The highest BCUT2D eigenvalue weighted by atomic mass is 16.5. The summed E-state index contributed by atoms with van der Waals surface area (Å²) in [6.45, 7) is 0.943. The fraction of sp³-hybridized carbons (Fsp3) is 0.647. The van der Waals surface area contributed by atoms with E-state index in [9.17, 15) is 0 Å². The van der Waals surface area contributed by atoms with Crippen molar-refractivity contribution < 1.29 is 4.74 Å². The second-order valence-electron chi connectivity index (χ2n) is 6.06. The molecule has 0 bridgehead atoms. The van der Waals surface area contributed by atoms with Gasteiger partial charge in [0.1, 0.15) is 5.75 Å². The topological polar surface area (TPSA) is 21.3 Å². The molecule has 0 radical (unpaired) electrons. The third-order valence-corrected chi connectivity index (χ3v) is 4.55. The maximum absolute atomic E-state index is 5.56. The molecule has 1 aromatic carbocycles. The van der Waals surface area contributed by atoms with E-state index in [1.54, 1.807) is 7.11 Å². The van der Waals surface area contributed by atoms with Crippen LogP contribution in [0.2, 0.25) is 0 Å². The second-order valence-corrected chi connectivity index (χ2v) is 6.06. The molecule has 0 heterocycles. The second kappa shape index (κ2) is 5.96. The van der Waals surface area contributed by atoms with E-state index in [2.05, 4.69) is 23.5 Å². The van der Waals surface area contributed by atoms with Gasteiger partial charge in [-0.25, -0.2) is 0 Å². The predicted octanol–water partition coefficient (Wildman–Crippen LogP) is 3.99. The summed E-state index contributed by atoms with van der Waals surface area (Å²) in [4.78, 5) is 0. The van der Waals surface area contributed by atoms with E-state index in [-0.39, 0.29) is 0 Å². The number of ether oxygens (including phenoxy) is 1. The summed E-state index contributed by atoms with van der Waals surface area (Å²) in [5.41, 5.74) is 2.76. The maximum Gasteiger partial charge on any atom is 0.123 e. The third-order valence-electron chi connectivity index (χ3n) is 4.55. The van der Waals surface area contributed by atoms with E-state index in [0.717, 1.165) is 18.2 Å². The average Bonchev–Trinajstić information content (AvgIpc) is 3.30. The summed E-state index contributed by atoms with van der Waals surface area (Å²) in [7, 11) is 1.79. The lowest BCUT2D eigenvalue weighted by atomic mass is 9.95. The average molecular weight is 259 g/mol. The minimum atomic E-state index is 0.710. The highest BCUT2D eigenvalue weighted by molar-refractivity contribution is 5.40. The Kier molecular flexibility index (Phi) is 4.07. The van der Waals surface area contributed by atoms with Crippen LogP contribution in [0.4, 0.5) is 0 Å². The first-order valence-corrected chi connectivity index (χ1v) is 7.77. The number of benzene rings is 1. The number of methoxy groups -OCH3 is 1. The van der Waals surface area contributed by atoms with Crippen LogP contribution in [0.15, 0.2) is 18.2 Å². The largest absolute Gasteiger partial charge is 0.496 e. The van der Waals surface area contributed by atoms with Crippen LogP contribution in [-0.2, 0) is 6.54 Å². The van der Waals surface area contributed by atoms with E-state index in [0.29, 0.717) is 6.04 Å². The Morgan fingerprint density at radius 1 is 1.11 bits per heavy atom. The molecule has 0 saturated heterocycles. The van der Waals surface area contributed by atoms with E-state index in [1.807, 2.05) is 0 Å². The normalized spacial score (nSPS) is 20.5. The molecule has 0 aromatic heterocycles. The van der Waals surface area contributed by atoms with Crippen molar-refractivity contribution in [3.8, 4) is 5.75 Å². The predicted molar refractivity (Wildman–Crippen MR) is 78.7 cm³/mol. The Hall–Kier alpha value is -1.02. The van der Waals surface area contributed by atoms with Gasteiger partial charge >= 0.3 is 0 Å². The minimum absolute atomic E-state index is 0.710. The molecule has 2 fully saturated rings. The standard InChI is InChI=1S/C17H25NO/c1-19-17-11-14(13-7-8-13)9-10-15(17)12-18-16-5-3-2-4-6-16/h9-11,13,16,18H,2-8,12H2,1H3. The van der Waals surface area contributed by atoms with Gasteiger partial charge in [0.2, 0.25) is 0 Å². The highest BCUT2D eigenvalue weighted by Crippen LogP contribution is 2.41. The van der Waals surface area contributed by atoms with Gasteiger partial charge in [-0.1, -0.05) is 31.4 Å². The van der Waals surface area contributed by atoms with Gasteiger partial charge in [0.15, 0.2) is 0 Å². The van der Waals surface area contributed by atoms with E-state index in [1.165, 1.54) is 56.1 Å². The van der Waals surface area contributed by atoms with Crippen molar-refractivity contribution in [1.29, 1.82) is 0 Å². The molecule has 0 atom stereocenters. The molecule has 2 aliphatic carbocycles. The Morgan fingerprint density at radius 2 is 1.89 bits per heavy atom. The van der Waals surface area contributed by atoms with E-state index in [4.69, 9.17) is 4.74 Å². The van der Waals surface area contributed by atoms with Crippen LogP contribution in [0.3, 0.4) is 0 Å². The smallest absolute Gasteiger partial charge is 0.123 e. The van der Waals surface area contributed by atoms with Gasteiger partial charge in [0.05, 0.1) is 7.11 Å². The fourth-order valence-corrected chi connectivity index (χ4v) is 3.14. The molecule has 1 N–H and O–H groups in total. The minimum Gasteiger partial charge on any atom is -0.496 e. The summed E-state index contributed by atoms with van der Waals surface area (Å²) in [6, 6.07) is 7.50. The number of hydrogen-bond donors (Lipinski definition) is 1. The highest BCUT2D eigenvalue weighted by Gasteiger charge is 2.24. The first-order chi connectivity index (χ1) is 9.36. The van der Waals surface area contributed by atoms with Crippen LogP contribution in [-0.4, -0.2) is 13.2 Å². The van der Waals surface area contributed by atoms with Crippen LogP contribution in [0, 0.1) is 0 Å². The lowest BCUT2D eigenvalue weighted by Crippen LogP contribution is -2.30. The van der Waals surface area contributed by atoms with Gasteiger partial charge in [-0.05, 0) is 43.2 Å². The third kappa shape index (κ3) is 3.30. The van der Waals surface area contributed by atoms with Crippen molar-refractivity contribution in [3.63, 3.8) is 0 Å². The zero-order valence-corrected chi connectivity index (χ0v) is 12.0. The molecular weight excluding hydrogens is 234 g/mol. The first-order valence-electron chi connectivity index (χ1n) is 7.77. The SMILES string of the molecule is COc1cc(C2CC2)ccc1CNC1CCCCC1. The summed E-state index contributed by atoms with van der Waals surface area (Å²) in [5.74, 6) is 1.86. The molecule has 3 rings (SSSR count). The summed E-state index contributed by atoms with van der Waals surface area (Å²) < 4.78 is 5.56. The molecule has 0 unspecified atom stereocenters. The van der Waals surface area contributed by atoms with Gasteiger partial charge in [0, 0.05) is 18.2 Å². The zero-order chi connectivity index (χ0) is 13.1. The molecule has 2 heteroatoms. The van der Waals surface area contributed by atoms with Crippen LogP contribution in [0.25, 0.3) is 0 Å². The van der Waals surface area contributed by atoms with Gasteiger partial charge in [0.25, 0.3) is 0 Å². The van der Waals surface area contributed by atoms with Crippen LogP contribution in [0.1, 0.15) is 62.0 Å². The molecule has 2 saturated carbocycles. The van der Waals surface area contributed by atoms with Crippen LogP contribution in [0.5, 0.6) is 5.75 Å². The van der Waals surface area contributed by atoms with E-state index < -0.39 is 0 Å². The van der Waals surface area contributed by atoms with E-state index >= 15 is 0 Å². The molecule has 104 valence electrons. The van der Waals surface area contributed by atoms with Crippen molar-refractivity contribution in [2.45, 2.75) is 63.5 Å². The van der Waals surface area contributed by atoms with Crippen molar-refractivity contribution in [2.24, 2.45) is 0 Å². The zero-order valence-electron chi connectivity index (χ0n) is 12.0. The van der Waals surface area contributed by atoms with Gasteiger partial charge in [-0.15, -0.1) is 0 Å². The monoisotopic (exact) mass is 259 g/mol. The fourth-order valence-electron chi connectivity index (χ4n) is 3.14. The summed E-state index contributed by atoms with van der Waals surface area (Å²) in [5, 5.41) is 3.70. The van der Waals surface area contributed by atoms with Crippen molar-refractivity contribution >= 4 is 0 Å². The molecule has 0 amide bonds. The molecule has 2 aliphatic rings. The lowest BCUT2D eigenvalue weighted by molar-refractivity contribution is 0.365. The van der Waals surface area contributed by atoms with Crippen molar-refractivity contribution in [1.82, 2.24) is 5.32 Å². The molecule has 19 heavy (non-hydrogen) atoms. The van der Waals surface area contributed by atoms with Crippen molar-refractivity contribution in [2.75, 3.05) is 7.11 Å². The Labute approximate surface area is 116 Å².